The topological polar surface area (TPSA) is 38.1 Å². The Bertz CT molecular complexity index is 1160. The predicted molar refractivity (Wildman–Crippen MR) is 137 cm³/mol. The van der Waals surface area contributed by atoms with Crippen molar-refractivity contribution in [1.82, 2.24) is 14.7 Å². The summed E-state index contributed by atoms with van der Waals surface area (Å²) in [6, 6.07) is 10.4. The fourth-order valence-electron chi connectivity index (χ4n) is 4.49. The van der Waals surface area contributed by atoms with Gasteiger partial charge in [0, 0.05) is 34.3 Å². The third kappa shape index (κ3) is 4.21. The summed E-state index contributed by atoms with van der Waals surface area (Å²) in [5, 5.41) is 2.76. The first-order valence-electron chi connectivity index (χ1n) is 10.7. The highest BCUT2D eigenvalue weighted by Crippen LogP contribution is 2.47. The van der Waals surface area contributed by atoms with Gasteiger partial charge in [0.05, 0.1) is 18.4 Å². The van der Waals surface area contributed by atoms with Gasteiger partial charge < -0.3 is 4.90 Å². The van der Waals surface area contributed by atoms with Crippen LogP contribution < -0.4 is 0 Å². The Morgan fingerprint density at radius 2 is 2.06 bits per heavy atom. The molecule has 0 radical (unpaired) electrons. The highest BCUT2D eigenvalue weighted by Gasteiger charge is 2.34. The van der Waals surface area contributed by atoms with Crippen LogP contribution in [0.15, 0.2) is 49.2 Å². The first kappa shape index (κ1) is 23.3. The predicted octanol–water partition coefficient (Wildman–Crippen LogP) is 5.68. The van der Waals surface area contributed by atoms with E-state index in [2.05, 4.69) is 49.2 Å². The molecular weight excluding hydrogens is 459 g/mol. The van der Waals surface area contributed by atoms with Crippen molar-refractivity contribution in [2.24, 2.45) is 0 Å². The summed E-state index contributed by atoms with van der Waals surface area (Å²) in [5.74, 6) is -0.0713. The summed E-state index contributed by atoms with van der Waals surface area (Å²) >= 11 is 1.77. The lowest BCUT2D eigenvalue weighted by Crippen LogP contribution is -2.37. The van der Waals surface area contributed by atoms with Gasteiger partial charge in [0.1, 0.15) is 0 Å². The molecule has 1 amide bonds. The van der Waals surface area contributed by atoms with Crippen molar-refractivity contribution in [1.29, 1.82) is 0 Å². The number of hydrogen-bond acceptors (Lipinski definition) is 3. The molecule has 0 spiro atoms. The summed E-state index contributed by atoms with van der Waals surface area (Å²) in [6.45, 7) is 9.53. The minimum absolute atomic E-state index is 0.00347. The molecule has 8 heteroatoms. The lowest BCUT2D eigenvalue weighted by Gasteiger charge is -2.33. The van der Waals surface area contributed by atoms with Gasteiger partial charge >= 0.3 is 0 Å². The first-order chi connectivity index (χ1) is 15.3. The van der Waals surface area contributed by atoms with Crippen LogP contribution >= 0.6 is 29.8 Å². The Kier molecular flexibility index (Phi) is 6.68. The Morgan fingerprint density at radius 1 is 1.31 bits per heavy atom. The van der Waals surface area contributed by atoms with Crippen LogP contribution in [0.4, 0.5) is 4.39 Å². The van der Waals surface area contributed by atoms with E-state index >= 15 is 4.39 Å². The second-order valence-electron chi connectivity index (χ2n) is 8.00. The van der Waals surface area contributed by atoms with Gasteiger partial charge in [-0.25, -0.2) is 4.39 Å². The van der Waals surface area contributed by atoms with E-state index in [1.165, 1.54) is 21.4 Å². The number of hydrogen-bond donors (Lipinski definition) is 0. The molecule has 0 saturated carbocycles. The maximum absolute atomic E-state index is 15.2. The van der Waals surface area contributed by atoms with E-state index in [4.69, 9.17) is 0 Å². The normalized spacial score (nSPS) is 16.2. The molecule has 2 aromatic heterocycles. The molecule has 3 aromatic rings. The number of carbonyl (C=O) groups is 1. The van der Waals surface area contributed by atoms with Crippen molar-refractivity contribution >= 4 is 35.7 Å². The van der Waals surface area contributed by atoms with E-state index in [0.717, 1.165) is 23.1 Å². The van der Waals surface area contributed by atoms with Gasteiger partial charge in [0.15, 0.2) is 5.15 Å². The maximum atomic E-state index is 15.2. The average molecular weight is 488 g/mol. The molecule has 4 nitrogen and oxygen atoms in total. The number of thiophene rings is 1. The van der Waals surface area contributed by atoms with Crippen molar-refractivity contribution in [2.45, 2.75) is 44.4 Å². The number of fused-ring (bicyclic) bond motifs is 1. The molecule has 4 rings (SSSR count). The Morgan fingerprint density at radius 3 is 2.72 bits per heavy atom. The Balaban J connectivity index is 1.90. The van der Waals surface area contributed by atoms with Crippen LogP contribution in [0.5, 0.6) is 0 Å². The maximum Gasteiger partial charge on any atom is 0.246 e. The minimum Gasteiger partial charge on any atom is -0.333 e. The Hall–Kier alpha value is -1.87. The highest BCUT2D eigenvalue weighted by atomic mass is 32.1. The summed E-state index contributed by atoms with van der Waals surface area (Å²) in [6.07, 6.45) is 4.09. The van der Waals surface area contributed by atoms with Gasteiger partial charge in [0.2, 0.25) is 5.91 Å². The standard InChI is InChI=1S/C24H28FN3OP2S/c1-4-15-11-18-20(13-27(22(29)5-2)14-21(18)32-15)17-10-8-7-9-16(17)19-12-26-28(6-3)23(19)24(25,30)31/h5,7-12,20H,2,4,6,13-14,30-31H2,1,3H3/t20-/m0/s1. The molecule has 1 aliphatic heterocycles. The van der Waals surface area contributed by atoms with E-state index in [1.54, 1.807) is 22.2 Å². The van der Waals surface area contributed by atoms with E-state index in [-0.39, 0.29) is 11.8 Å². The SMILES string of the molecule is C=CC(=O)N1Cc2sc(CC)cc2[C@H](c2ccccc2-c2cnn(CC)c2C(F)(P)P)C1. The van der Waals surface area contributed by atoms with Crippen LogP contribution in [-0.4, -0.2) is 27.1 Å². The van der Waals surface area contributed by atoms with Crippen LogP contribution in [0.25, 0.3) is 11.1 Å². The zero-order valence-corrected chi connectivity index (χ0v) is 21.5. The molecule has 0 saturated heterocycles. The van der Waals surface area contributed by atoms with Crippen LogP contribution in [0.2, 0.25) is 0 Å². The van der Waals surface area contributed by atoms with Gasteiger partial charge in [-0.05, 0) is 42.2 Å². The number of rotatable bonds is 6. The number of alkyl halides is 1. The van der Waals surface area contributed by atoms with Crippen LogP contribution in [0.1, 0.15) is 46.3 Å². The molecule has 0 fully saturated rings. The monoisotopic (exact) mass is 487 g/mol. The summed E-state index contributed by atoms with van der Waals surface area (Å²) in [5.41, 5.74) is 4.57. The average Bonchev–Trinajstić information content (AvgIpc) is 3.41. The zero-order chi connectivity index (χ0) is 23.0. The number of benzene rings is 1. The van der Waals surface area contributed by atoms with Gasteiger partial charge in [-0.3, -0.25) is 9.48 Å². The quantitative estimate of drug-likeness (QED) is 0.331. The number of amides is 1. The van der Waals surface area contributed by atoms with Crippen LogP contribution in [0.3, 0.4) is 0 Å². The summed E-state index contributed by atoms with van der Waals surface area (Å²) < 4.78 is 16.9. The molecule has 0 N–H and O–H groups in total. The molecule has 3 atom stereocenters. The van der Waals surface area contributed by atoms with Gasteiger partial charge in [-0.15, -0.1) is 11.3 Å². The molecule has 168 valence electrons. The molecule has 2 unspecified atom stereocenters. The minimum atomic E-state index is -1.70. The molecule has 32 heavy (non-hydrogen) atoms. The van der Waals surface area contributed by atoms with Gasteiger partial charge in [0.25, 0.3) is 0 Å². The number of halogens is 1. The largest absolute Gasteiger partial charge is 0.333 e. The van der Waals surface area contributed by atoms with E-state index in [9.17, 15) is 4.79 Å². The molecule has 0 aliphatic carbocycles. The summed E-state index contributed by atoms with van der Waals surface area (Å²) in [4.78, 5) is 16.9. The van der Waals surface area contributed by atoms with Crippen molar-refractivity contribution in [3.63, 3.8) is 0 Å². The van der Waals surface area contributed by atoms with E-state index < -0.39 is 5.15 Å². The number of aromatic nitrogens is 2. The second-order valence-corrected chi connectivity index (χ2v) is 11.6. The molecule has 1 aromatic carbocycles. The van der Waals surface area contributed by atoms with Gasteiger partial charge in [-0.1, -0.05) is 56.2 Å². The van der Waals surface area contributed by atoms with Crippen molar-refractivity contribution in [3.8, 4) is 11.1 Å². The van der Waals surface area contributed by atoms with Crippen LogP contribution in [0, 0.1) is 0 Å². The third-order valence-electron chi connectivity index (χ3n) is 5.97. The van der Waals surface area contributed by atoms with E-state index in [0.29, 0.717) is 25.3 Å². The fourth-order valence-corrected chi connectivity index (χ4v) is 6.28. The van der Waals surface area contributed by atoms with Crippen LogP contribution in [-0.2, 0) is 29.5 Å². The number of nitrogens with zero attached hydrogens (tertiary/aromatic N) is 3. The summed E-state index contributed by atoms with van der Waals surface area (Å²) in [7, 11) is 4.54. The smallest absolute Gasteiger partial charge is 0.246 e. The lowest BCUT2D eigenvalue weighted by molar-refractivity contribution is -0.127. The van der Waals surface area contributed by atoms with Crippen molar-refractivity contribution in [2.75, 3.05) is 6.54 Å². The van der Waals surface area contributed by atoms with Gasteiger partial charge in [-0.2, -0.15) is 5.10 Å². The molecule has 1 aliphatic rings. The zero-order valence-electron chi connectivity index (χ0n) is 18.3. The lowest BCUT2D eigenvalue weighted by atomic mass is 9.83. The number of carbonyl (C=O) groups excluding carboxylic acids is 1. The fraction of sp³-hybridized carbons (Fsp3) is 0.333. The first-order valence-corrected chi connectivity index (χ1v) is 12.7. The Labute approximate surface area is 197 Å². The molecular formula is C24H28FN3OP2S. The number of aryl methyl sites for hydroxylation is 2. The second kappa shape index (κ2) is 9.17. The molecule has 3 heterocycles. The van der Waals surface area contributed by atoms with E-state index in [1.807, 2.05) is 30.0 Å². The van der Waals surface area contributed by atoms with Crippen molar-refractivity contribution < 1.29 is 9.18 Å². The highest BCUT2D eigenvalue weighted by molar-refractivity contribution is 7.38. The molecule has 0 bridgehead atoms. The third-order valence-corrected chi connectivity index (χ3v) is 7.80. The van der Waals surface area contributed by atoms with Crippen molar-refractivity contribution in [3.05, 3.63) is 75.8 Å².